The molecule has 0 aliphatic carbocycles. The van der Waals surface area contributed by atoms with Crippen molar-refractivity contribution in [2.45, 2.75) is 0 Å². The number of rotatable bonds is 0. The summed E-state index contributed by atoms with van der Waals surface area (Å²) in [5, 5.41) is 2.52. The van der Waals surface area contributed by atoms with Crippen molar-refractivity contribution in [1.82, 2.24) is 0 Å². The summed E-state index contributed by atoms with van der Waals surface area (Å²) in [5.41, 5.74) is 6.63. The highest BCUT2D eigenvalue weighted by molar-refractivity contribution is 9.10. The Kier molecular flexibility index (Phi) is 1.97. The fourth-order valence-corrected chi connectivity index (χ4v) is 3.20. The predicted octanol–water partition coefficient (Wildman–Crippen LogP) is 4.40. The van der Waals surface area contributed by atoms with Crippen LogP contribution >= 0.6 is 27.3 Å². The molecule has 0 bridgehead atoms. The third-order valence-electron chi connectivity index (χ3n) is 2.46. The number of nitrogen functional groups attached to an aromatic ring is 1. The lowest BCUT2D eigenvalue weighted by Gasteiger charge is -1.94. The van der Waals surface area contributed by atoms with Crippen LogP contribution < -0.4 is 5.73 Å². The fraction of sp³-hybridized carbons (Fsp3) is 0. The summed E-state index contributed by atoms with van der Waals surface area (Å²) in [6.45, 7) is 0. The van der Waals surface area contributed by atoms with Crippen molar-refractivity contribution in [1.29, 1.82) is 0 Å². The standard InChI is InChI=1S/C12H8BrNS/c13-7-1-3-11-9(5-7)10-6-8(14)2-4-12(10)15-11/h1-6H,14H2. The number of hydrogen-bond acceptors (Lipinski definition) is 2. The van der Waals surface area contributed by atoms with Gasteiger partial charge in [-0.05, 0) is 36.4 Å². The quantitative estimate of drug-likeness (QED) is 0.606. The van der Waals surface area contributed by atoms with Gasteiger partial charge in [-0.3, -0.25) is 0 Å². The van der Waals surface area contributed by atoms with Gasteiger partial charge < -0.3 is 5.73 Å². The van der Waals surface area contributed by atoms with Gasteiger partial charge in [0.1, 0.15) is 0 Å². The molecule has 0 amide bonds. The molecule has 3 heteroatoms. The van der Waals surface area contributed by atoms with Gasteiger partial charge in [0.2, 0.25) is 0 Å². The maximum atomic E-state index is 5.81. The Morgan fingerprint density at radius 3 is 2.40 bits per heavy atom. The third-order valence-corrected chi connectivity index (χ3v) is 4.10. The molecule has 0 spiro atoms. The maximum absolute atomic E-state index is 5.81. The van der Waals surface area contributed by atoms with Crippen molar-refractivity contribution in [3.05, 3.63) is 40.9 Å². The summed E-state index contributed by atoms with van der Waals surface area (Å²) in [5.74, 6) is 0. The molecule has 1 heterocycles. The average Bonchev–Trinajstić information content (AvgIpc) is 2.56. The van der Waals surface area contributed by atoms with Gasteiger partial charge >= 0.3 is 0 Å². The third kappa shape index (κ3) is 1.43. The van der Waals surface area contributed by atoms with Crippen LogP contribution in [0.15, 0.2) is 40.9 Å². The van der Waals surface area contributed by atoms with Crippen LogP contribution in [0.3, 0.4) is 0 Å². The molecule has 0 unspecified atom stereocenters. The minimum Gasteiger partial charge on any atom is -0.399 e. The predicted molar refractivity (Wildman–Crippen MR) is 71.4 cm³/mol. The normalized spacial score (nSPS) is 11.3. The molecule has 0 fully saturated rings. The van der Waals surface area contributed by atoms with Gasteiger partial charge in [0.05, 0.1) is 0 Å². The first-order valence-corrected chi connectivity index (χ1v) is 6.22. The summed E-state index contributed by atoms with van der Waals surface area (Å²) in [7, 11) is 0. The summed E-state index contributed by atoms with van der Waals surface area (Å²) >= 11 is 5.30. The van der Waals surface area contributed by atoms with Crippen molar-refractivity contribution in [2.75, 3.05) is 5.73 Å². The zero-order valence-corrected chi connectivity index (χ0v) is 10.2. The molecule has 1 nitrogen and oxygen atoms in total. The van der Waals surface area contributed by atoms with E-state index in [0.29, 0.717) is 0 Å². The van der Waals surface area contributed by atoms with E-state index in [9.17, 15) is 0 Å². The highest BCUT2D eigenvalue weighted by Gasteiger charge is 2.05. The van der Waals surface area contributed by atoms with Gasteiger partial charge in [-0.1, -0.05) is 15.9 Å². The first-order valence-electron chi connectivity index (χ1n) is 4.61. The highest BCUT2D eigenvalue weighted by Crippen LogP contribution is 2.36. The van der Waals surface area contributed by atoms with Crippen LogP contribution in [-0.2, 0) is 0 Å². The van der Waals surface area contributed by atoms with Crippen molar-refractivity contribution in [2.24, 2.45) is 0 Å². The van der Waals surface area contributed by atoms with E-state index in [0.717, 1.165) is 10.2 Å². The molecule has 74 valence electrons. The molecule has 3 aromatic rings. The summed E-state index contributed by atoms with van der Waals surface area (Å²) in [6, 6.07) is 12.4. The first kappa shape index (κ1) is 9.19. The minimum absolute atomic E-state index is 0.821. The van der Waals surface area contributed by atoms with Gasteiger partial charge in [-0.15, -0.1) is 11.3 Å². The Labute approximate surface area is 99.6 Å². The van der Waals surface area contributed by atoms with Crippen LogP contribution in [0.5, 0.6) is 0 Å². The molecule has 15 heavy (non-hydrogen) atoms. The fourth-order valence-electron chi connectivity index (χ4n) is 1.77. The van der Waals surface area contributed by atoms with Gasteiger partial charge in [-0.2, -0.15) is 0 Å². The Bertz CT molecular complexity index is 601. The molecular formula is C12H8BrNS. The van der Waals surface area contributed by atoms with E-state index in [1.807, 2.05) is 12.1 Å². The lowest BCUT2D eigenvalue weighted by atomic mass is 10.1. The average molecular weight is 278 g/mol. The molecule has 0 aliphatic heterocycles. The Balaban J connectivity index is 2.55. The van der Waals surface area contributed by atoms with E-state index in [-0.39, 0.29) is 0 Å². The second-order valence-electron chi connectivity index (χ2n) is 3.50. The van der Waals surface area contributed by atoms with Crippen molar-refractivity contribution in [3.63, 3.8) is 0 Å². The Morgan fingerprint density at radius 2 is 1.60 bits per heavy atom. The second-order valence-corrected chi connectivity index (χ2v) is 5.50. The molecule has 2 aromatic carbocycles. The zero-order valence-electron chi connectivity index (χ0n) is 7.83. The lowest BCUT2D eigenvalue weighted by Crippen LogP contribution is -1.81. The number of anilines is 1. The lowest BCUT2D eigenvalue weighted by molar-refractivity contribution is 1.76. The van der Waals surface area contributed by atoms with Crippen LogP contribution in [0.25, 0.3) is 20.2 Å². The number of hydrogen-bond donors (Lipinski definition) is 1. The van der Waals surface area contributed by atoms with E-state index in [1.54, 1.807) is 11.3 Å². The molecule has 0 radical (unpaired) electrons. The number of fused-ring (bicyclic) bond motifs is 3. The molecule has 0 saturated carbocycles. The van der Waals surface area contributed by atoms with E-state index < -0.39 is 0 Å². The van der Waals surface area contributed by atoms with Crippen molar-refractivity contribution >= 4 is 53.1 Å². The van der Waals surface area contributed by atoms with Gasteiger partial charge in [-0.25, -0.2) is 0 Å². The number of benzene rings is 2. The van der Waals surface area contributed by atoms with Crippen LogP contribution in [0.2, 0.25) is 0 Å². The number of thiophene rings is 1. The Morgan fingerprint density at radius 1 is 0.933 bits per heavy atom. The topological polar surface area (TPSA) is 26.0 Å². The molecular weight excluding hydrogens is 270 g/mol. The molecule has 2 N–H and O–H groups in total. The second kappa shape index (κ2) is 3.22. The highest BCUT2D eigenvalue weighted by atomic mass is 79.9. The van der Waals surface area contributed by atoms with E-state index in [1.165, 1.54) is 20.2 Å². The Hall–Kier alpha value is -1.06. The number of nitrogens with two attached hydrogens (primary N) is 1. The number of halogens is 1. The summed E-state index contributed by atoms with van der Waals surface area (Å²) in [4.78, 5) is 0. The van der Waals surface area contributed by atoms with Crippen molar-refractivity contribution < 1.29 is 0 Å². The monoisotopic (exact) mass is 277 g/mol. The molecule has 0 saturated heterocycles. The van der Waals surface area contributed by atoms with Gasteiger partial charge in [0.15, 0.2) is 0 Å². The largest absolute Gasteiger partial charge is 0.399 e. The maximum Gasteiger partial charge on any atom is 0.0356 e. The first-order chi connectivity index (χ1) is 7.24. The van der Waals surface area contributed by atoms with E-state index >= 15 is 0 Å². The molecule has 3 rings (SSSR count). The van der Waals surface area contributed by atoms with Crippen LogP contribution in [-0.4, -0.2) is 0 Å². The van der Waals surface area contributed by atoms with Crippen LogP contribution in [0.4, 0.5) is 5.69 Å². The van der Waals surface area contributed by atoms with Crippen molar-refractivity contribution in [3.8, 4) is 0 Å². The van der Waals surface area contributed by atoms with Gasteiger partial charge in [0, 0.05) is 30.3 Å². The smallest absolute Gasteiger partial charge is 0.0356 e. The molecule has 0 atom stereocenters. The summed E-state index contributed by atoms with van der Waals surface area (Å²) in [6.07, 6.45) is 0. The van der Waals surface area contributed by atoms with E-state index in [2.05, 4.69) is 40.2 Å². The minimum atomic E-state index is 0.821. The molecule has 1 aromatic heterocycles. The van der Waals surface area contributed by atoms with E-state index in [4.69, 9.17) is 5.73 Å². The van der Waals surface area contributed by atoms with Crippen LogP contribution in [0, 0.1) is 0 Å². The van der Waals surface area contributed by atoms with Crippen LogP contribution in [0.1, 0.15) is 0 Å². The zero-order chi connectivity index (χ0) is 10.4. The summed E-state index contributed by atoms with van der Waals surface area (Å²) < 4.78 is 3.70. The SMILES string of the molecule is Nc1ccc2sc3ccc(Br)cc3c2c1. The molecule has 0 aliphatic rings. The van der Waals surface area contributed by atoms with Gasteiger partial charge in [0.25, 0.3) is 0 Å².